The van der Waals surface area contributed by atoms with E-state index in [1.54, 1.807) is 0 Å². The average Bonchev–Trinajstić information content (AvgIpc) is 2.56. The maximum absolute atomic E-state index is 4.19. The third-order valence-corrected chi connectivity index (χ3v) is 10.9. The molecule has 116 valence electrons. The summed E-state index contributed by atoms with van der Waals surface area (Å²) in [6.07, 6.45) is 0. The molecule has 0 radical (unpaired) electrons. The molecule has 0 saturated carbocycles. The molecule has 3 aromatic rings. The lowest BCUT2D eigenvalue weighted by atomic mass is 10.2. The highest BCUT2D eigenvalue weighted by Crippen LogP contribution is 2.62. The van der Waals surface area contributed by atoms with Crippen molar-refractivity contribution >= 4 is 37.4 Å². The summed E-state index contributed by atoms with van der Waals surface area (Å²) < 4.78 is 0. The highest BCUT2D eigenvalue weighted by atomic mass is 79.9. The van der Waals surface area contributed by atoms with Crippen LogP contribution in [-0.4, -0.2) is 0 Å². The molecule has 3 aromatic carbocycles. The van der Waals surface area contributed by atoms with E-state index in [1.807, 2.05) is 0 Å². The number of benzene rings is 3. The van der Waals surface area contributed by atoms with Crippen molar-refractivity contribution in [3.63, 3.8) is 0 Å². The second kappa shape index (κ2) is 6.59. The van der Waals surface area contributed by atoms with Gasteiger partial charge in [-0.25, -0.2) is 0 Å². The van der Waals surface area contributed by atoms with Crippen LogP contribution in [0.4, 0.5) is 0 Å². The fourth-order valence-electron chi connectivity index (χ4n) is 2.70. The van der Waals surface area contributed by atoms with Crippen LogP contribution in [0.1, 0.15) is 16.7 Å². The molecule has 0 aliphatic heterocycles. The molecule has 0 atom stereocenters. The number of hydrogen-bond acceptors (Lipinski definition) is 0. The van der Waals surface area contributed by atoms with Gasteiger partial charge in [-0.2, -0.15) is 0 Å². The second-order valence-electron chi connectivity index (χ2n) is 6.10. The van der Waals surface area contributed by atoms with Crippen molar-refractivity contribution in [1.82, 2.24) is 0 Å². The van der Waals surface area contributed by atoms with Crippen LogP contribution in [0, 0.1) is 20.8 Å². The Morgan fingerprint density at radius 1 is 0.478 bits per heavy atom. The predicted octanol–water partition coefficient (Wildman–Crippen LogP) is 5.22. The summed E-state index contributed by atoms with van der Waals surface area (Å²) >= 11 is 4.19. The molecule has 0 unspecified atom stereocenters. The molecule has 0 bridgehead atoms. The van der Waals surface area contributed by atoms with Crippen molar-refractivity contribution in [2.24, 2.45) is 0 Å². The maximum atomic E-state index is 4.19. The third-order valence-electron chi connectivity index (χ3n) is 4.17. The van der Waals surface area contributed by atoms with Gasteiger partial charge in [-0.05, 0) is 57.2 Å². The van der Waals surface area contributed by atoms with Gasteiger partial charge >= 0.3 is 0 Å². The van der Waals surface area contributed by atoms with Crippen molar-refractivity contribution in [3.8, 4) is 0 Å². The largest absolute Gasteiger partial charge is 0.181 e. The highest BCUT2D eigenvalue weighted by Gasteiger charge is 2.43. The zero-order valence-corrected chi connectivity index (χ0v) is 16.2. The topological polar surface area (TPSA) is 0 Å². The average molecular weight is 384 g/mol. The van der Waals surface area contributed by atoms with Crippen molar-refractivity contribution in [3.05, 3.63) is 89.5 Å². The number of halogens is 1. The minimum Gasteiger partial charge on any atom is -0.0553 e. The Morgan fingerprint density at radius 2 is 0.696 bits per heavy atom. The van der Waals surface area contributed by atoms with Crippen LogP contribution in [0.3, 0.4) is 0 Å². The number of aryl methyl sites for hydroxylation is 3. The van der Waals surface area contributed by atoms with Gasteiger partial charge in [0.25, 0.3) is 0 Å². The summed E-state index contributed by atoms with van der Waals surface area (Å²) in [5.74, 6) is -1.77. The Morgan fingerprint density at radius 3 is 0.913 bits per heavy atom. The summed E-state index contributed by atoms with van der Waals surface area (Å²) in [4.78, 5) is 0. The van der Waals surface area contributed by atoms with E-state index in [0.29, 0.717) is 0 Å². The van der Waals surface area contributed by atoms with E-state index >= 15 is 0 Å². The number of rotatable bonds is 3. The molecule has 0 aliphatic carbocycles. The van der Waals surface area contributed by atoms with Gasteiger partial charge in [-0.3, -0.25) is 0 Å². The zero-order chi connectivity index (χ0) is 16.4. The second-order valence-corrected chi connectivity index (χ2v) is 12.0. The number of hydrogen-bond donors (Lipinski definition) is 0. The lowest BCUT2D eigenvalue weighted by molar-refractivity contribution is 1.48. The smallest absolute Gasteiger partial charge is 0.0553 e. The van der Waals surface area contributed by atoms with Gasteiger partial charge in [0.2, 0.25) is 0 Å². The van der Waals surface area contributed by atoms with Crippen LogP contribution in [0.25, 0.3) is 0 Å². The van der Waals surface area contributed by atoms with E-state index in [1.165, 1.54) is 32.6 Å². The Kier molecular flexibility index (Phi) is 4.71. The van der Waals surface area contributed by atoms with Crippen LogP contribution in [0.5, 0.6) is 0 Å². The molecule has 23 heavy (non-hydrogen) atoms. The molecule has 0 aliphatic rings. The summed E-state index contributed by atoms with van der Waals surface area (Å²) in [5.41, 5.74) is 3.88. The molecule has 0 heterocycles. The first-order valence-electron chi connectivity index (χ1n) is 7.80. The summed E-state index contributed by atoms with van der Waals surface area (Å²) in [6.45, 7) is 6.40. The van der Waals surface area contributed by atoms with Crippen LogP contribution in [-0.2, 0) is 0 Å². The third kappa shape index (κ3) is 3.27. The summed E-state index contributed by atoms with van der Waals surface area (Å²) in [5, 5.41) is 4.07. The van der Waals surface area contributed by atoms with Crippen LogP contribution >= 0.6 is 21.5 Å². The van der Waals surface area contributed by atoms with Gasteiger partial charge in [0.1, 0.15) is 15.9 Å². The van der Waals surface area contributed by atoms with E-state index in [0.717, 1.165) is 0 Å². The molecule has 0 amide bonds. The minimum absolute atomic E-state index is 1.29. The van der Waals surface area contributed by atoms with Gasteiger partial charge in [0, 0.05) is 0 Å². The van der Waals surface area contributed by atoms with Gasteiger partial charge < -0.3 is 0 Å². The van der Waals surface area contributed by atoms with Crippen molar-refractivity contribution in [2.75, 3.05) is 0 Å². The van der Waals surface area contributed by atoms with Crippen molar-refractivity contribution < 1.29 is 0 Å². The van der Waals surface area contributed by atoms with Crippen molar-refractivity contribution in [2.45, 2.75) is 20.8 Å². The Balaban J connectivity index is 2.21. The van der Waals surface area contributed by atoms with Crippen molar-refractivity contribution in [1.29, 1.82) is 0 Å². The minimum atomic E-state index is -1.77. The van der Waals surface area contributed by atoms with E-state index in [4.69, 9.17) is 0 Å². The van der Waals surface area contributed by atoms with Gasteiger partial charge in [0.05, 0.1) is 0 Å². The SMILES string of the molecule is Cc1ccc([P+](Br)(c2ccc(C)cc2)c2ccc(C)cc2)cc1. The highest BCUT2D eigenvalue weighted by molar-refractivity contribution is 9.44. The first-order valence-corrected chi connectivity index (χ1v) is 11.6. The molecule has 3 rings (SSSR count). The molecule has 0 nitrogen and oxygen atoms in total. The maximum Gasteiger partial charge on any atom is 0.181 e. The first kappa shape index (κ1) is 16.4. The standard InChI is InChI=1S/C21H21BrP/c1-16-4-10-19(11-5-16)23(22,20-12-6-17(2)7-13-20)21-14-8-18(3)9-15-21/h4-15H,1-3H3/q+1. The zero-order valence-electron chi connectivity index (χ0n) is 13.8. The van der Waals surface area contributed by atoms with Crippen LogP contribution in [0.15, 0.2) is 72.8 Å². The first-order chi connectivity index (χ1) is 11.0. The Hall–Kier alpha value is -1.43. The van der Waals surface area contributed by atoms with E-state index in [2.05, 4.69) is 109 Å². The molecule has 2 heteroatoms. The lowest BCUT2D eigenvalue weighted by Crippen LogP contribution is -2.26. The quantitative estimate of drug-likeness (QED) is 0.544. The molecule has 0 aromatic heterocycles. The fourth-order valence-corrected chi connectivity index (χ4v) is 7.40. The summed E-state index contributed by atoms with van der Waals surface area (Å²) in [7, 11) is 0. The summed E-state index contributed by atoms with van der Waals surface area (Å²) in [6, 6.07) is 26.8. The molecular formula is C21H21BrP+. The molecule has 0 spiro atoms. The normalized spacial score (nSPS) is 11.5. The van der Waals surface area contributed by atoms with Gasteiger partial charge in [0.15, 0.2) is 21.5 Å². The van der Waals surface area contributed by atoms with E-state index in [9.17, 15) is 0 Å². The molecule has 0 fully saturated rings. The monoisotopic (exact) mass is 383 g/mol. The van der Waals surface area contributed by atoms with E-state index in [-0.39, 0.29) is 0 Å². The molecule has 0 saturated heterocycles. The predicted molar refractivity (Wildman–Crippen MR) is 108 cm³/mol. The van der Waals surface area contributed by atoms with Crippen LogP contribution in [0.2, 0.25) is 0 Å². The Labute approximate surface area is 147 Å². The lowest BCUT2D eigenvalue weighted by Gasteiger charge is -2.20. The van der Waals surface area contributed by atoms with Crippen LogP contribution < -0.4 is 15.9 Å². The van der Waals surface area contributed by atoms with Gasteiger partial charge in [-0.1, -0.05) is 53.1 Å². The molecular weight excluding hydrogens is 363 g/mol. The Bertz CT molecular complexity index is 676. The van der Waals surface area contributed by atoms with Gasteiger partial charge in [-0.15, -0.1) is 0 Å². The fraction of sp³-hybridized carbons (Fsp3) is 0.143. The van der Waals surface area contributed by atoms with E-state index < -0.39 is 5.96 Å². The molecule has 0 N–H and O–H groups in total.